The molecule has 1 amide bonds. The standard InChI is InChI=1S/C29H44N6O5/c1-20-15-34(24(37)18-33-10-12-40-13-11-33)17-23(20)25-26(39-5)27(35(31-25)28(38)29(2,3)19-36)32(4)16-22-8-6-21(14-30)7-9-22/h6-9,20,23,36H,10-19,30H2,1-5H3. The van der Waals surface area contributed by atoms with Crippen LogP contribution in [0.3, 0.4) is 0 Å². The molecule has 220 valence electrons. The van der Waals surface area contributed by atoms with Gasteiger partial charge in [0.25, 0.3) is 5.91 Å². The van der Waals surface area contributed by atoms with E-state index in [9.17, 15) is 14.7 Å². The topological polar surface area (TPSA) is 126 Å². The molecule has 3 heterocycles. The Kier molecular flexibility index (Phi) is 9.50. The molecule has 1 aromatic heterocycles. The third-order valence-corrected chi connectivity index (χ3v) is 8.03. The number of hydrogen-bond donors (Lipinski definition) is 2. The van der Waals surface area contributed by atoms with Crippen molar-refractivity contribution in [1.29, 1.82) is 0 Å². The van der Waals surface area contributed by atoms with Crippen molar-refractivity contribution in [2.75, 3.05) is 71.6 Å². The maximum absolute atomic E-state index is 13.7. The predicted octanol–water partition coefficient (Wildman–Crippen LogP) is 1.54. The van der Waals surface area contributed by atoms with Crippen LogP contribution in [0.2, 0.25) is 0 Å². The molecule has 4 rings (SSSR count). The summed E-state index contributed by atoms with van der Waals surface area (Å²) in [6, 6.07) is 8.02. The Hall–Kier alpha value is -2.99. The highest BCUT2D eigenvalue weighted by Gasteiger charge is 2.41. The first-order valence-corrected chi connectivity index (χ1v) is 14.0. The van der Waals surface area contributed by atoms with Gasteiger partial charge in [-0.3, -0.25) is 14.5 Å². The molecule has 2 aliphatic rings. The van der Waals surface area contributed by atoms with E-state index < -0.39 is 5.41 Å². The lowest BCUT2D eigenvalue weighted by Crippen LogP contribution is -2.44. The lowest BCUT2D eigenvalue weighted by Gasteiger charge is -2.28. The monoisotopic (exact) mass is 556 g/mol. The van der Waals surface area contributed by atoms with Gasteiger partial charge in [0.05, 0.1) is 38.9 Å². The van der Waals surface area contributed by atoms with Gasteiger partial charge in [0.2, 0.25) is 5.91 Å². The van der Waals surface area contributed by atoms with Gasteiger partial charge in [-0.1, -0.05) is 31.2 Å². The number of rotatable bonds is 10. The molecule has 11 nitrogen and oxygen atoms in total. The van der Waals surface area contributed by atoms with Crippen molar-refractivity contribution in [1.82, 2.24) is 19.6 Å². The summed E-state index contributed by atoms with van der Waals surface area (Å²) in [4.78, 5) is 32.8. The Morgan fingerprint density at radius 2 is 1.82 bits per heavy atom. The van der Waals surface area contributed by atoms with Gasteiger partial charge < -0.3 is 30.1 Å². The van der Waals surface area contributed by atoms with Crippen molar-refractivity contribution in [2.45, 2.75) is 39.8 Å². The Bertz CT molecular complexity index is 1170. The van der Waals surface area contributed by atoms with Crippen LogP contribution in [0.15, 0.2) is 24.3 Å². The number of morpholine rings is 1. The minimum atomic E-state index is -1.05. The van der Waals surface area contributed by atoms with Crippen LogP contribution in [0.1, 0.15) is 48.3 Å². The molecule has 2 aliphatic heterocycles. The number of ether oxygens (including phenoxy) is 2. The van der Waals surface area contributed by atoms with Gasteiger partial charge in [0.1, 0.15) is 5.69 Å². The fraction of sp³-hybridized carbons (Fsp3) is 0.621. The summed E-state index contributed by atoms with van der Waals surface area (Å²) in [6.07, 6.45) is 0. The fourth-order valence-corrected chi connectivity index (χ4v) is 5.39. The molecular formula is C29H44N6O5. The number of benzene rings is 1. The lowest BCUT2D eigenvalue weighted by molar-refractivity contribution is -0.132. The molecule has 3 N–H and O–H groups in total. The van der Waals surface area contributed by atoms with E-state index in [1.54, 1.807) is 21.0 Å². The maximum atomic E-state index is 13.7. The van der Waals surface area contributed by atoms with Crippen LogP contribution in [0.4, 0.5) is 5.82 Å². The van der Waals surface area contributed by atoms with Gasteiger partial charge >= 0.3 is 0 Å². The van der Waals surface area contributed by atoms with E-state index in [0.717, 1.165) is 24.2 Å². The number of nitrogens with two attached hydrogens (primary N) is 1. The predicted molar refractivity (Wildman–Crippen MR) is 152 cm³/mol. The average Bonchev–Trinajstić information content (AvgIpc) is 3.53. The summed E-state index contributed by atoms with van der Waals surface area (Å²) < 4.78 is 12.7. The lowest BCUT2D eigenvalue weighted by atomic mass is 9.94. The summed E-state index contributed by atoms with van der Waals surface area (Å²) >= 11 is 0. The molecule has 2 saturated heterocycles. The molecule has 0 saturated carbocycles. The maximum Gasteiger partial charge on any atom is 0.256 e. The van der Waals surface area contributed by atoms with Gasteiger partial charge in [-0.15, -0.1) is 0 Å². The van der Waals surface area contributed by atoms with Crippen LogP contribution < -0.4 is 15.4 Å². The molecule has 0 bridgehead atoms. The minimum absolute atomic E-state index is 0.0883. The highest BCUT2D eigenvalue weighted by atomic mass is 16.5. The molecule has 0 aliphatic carbocycles. The van der Waals surface area contributed by atoms with Gasteiger partial charge in [-0.25, -0.2) is 0 Å². The van der Waals surface area contributed by atoms with Crippen LogP contribution in [0.5, 0.6) is 5.75 Å². The number of carbonyl (C=O) groups excluding carboxylic acids is 2. The molecular weight excluding hydrogens is 512 g/mol. The van der Waals surface area contributed by atoms with E-state index >= 15 is 0 Å². The third-order valence-electron chi connectivity index (χ3n) is 8.03. The Morgan fingerprint density at radius 3 is 2.42 bits per heavy atom. The van der Waals surface area contributed by atoms with Crippen LogP contribution in [-0.2, 0) is 22.6 Å². The number of amides is 1. The van der Waals surface area contributed by atoms with E-state index in [1.165, 1.54) is 4.68 Å². The van der Waals surface area contributed by atoms with Gasteiger partial charge in [-0.2, -0.15) is 9.78 Å². The minimum Gasteiger partial charge on any atom is -0.491 e. The van der Waals surface area contributed by atoms with Crippen molar-refractivity contribution in [3.63, 3.8) is 0 Å². The molecule has 2 aromatic rings. The summed E-state index contributed by atoms with van der Waals surface area (Å²) in [5, 5.41) is 14.8. The summed E-state index contributed by atoms with van der Waals surface area (Å²) in [7, 11) is 3.48. The quantitative estimate of drug-likeness (QED) is 0.448. The molecule has 0 spiro atoms. The summed E-state index contributed by atoms with van der Waals surface area (Å²) in [6.45, 7) is 10.4. The van der Waals surface area contributed by atoms with E-state index in [0.29, 0.717) is 63.2 Å². The fourth-order valence-electron chi connectivity index (χ4n) is 5.39. The number of aromatic nitrogens is 2. The van der Waals surface area contributed by atoms with Crippen LogP contribution in [-0.4, -0.2) is 103 Å². The van der Waals surface area contributed by atoms with Gasteiger partial charge in [0.15, 0.2) is 11.6 Å². The van der Waals surface area contributed by atoms with E-state index in [1.807, 2.05) is 41.1 Å². The average molecular weight is 557 g/mol. The number of methoxy groups -OCH3 is 1. The second-order valence-corrected chi connectivity index (χ2v) is 11.6. The smallest absolute Gasteiger partial charge is 0.256 e. The number of aliphatic hydroxyl groups excluding tert-OH is 1. The van der Waals surface area contributed by atoms with E-state index in [-0.39, 0.29) is 30.3 Å². The second kappa shape index (κ2) is 12.7. The Morgan fingerprint density at radius 1 is 1.18 bits per heavy atom. The number of likely N-dealkylation sites (tertiary alicyclic amines) is 1. The van der Waals surface area contributed by atoms with Crippen molar-refractivity contribution in [3.8, 4) is 5.75 Å². The summed E-state index contributed by atoms with van der Waals surface area (Å²) in [5.41, 5.74) is 7.44. The first-order chi connectivity index (χ1) is 19.1. The van der Waals surface area contributed by atoms with Crippen LogP contribution in [0.25, 0.3) is 0 Å². The summed E-state index contributed by atoms with van der Waals surface area (Å²) in [5.74, 6) is 0.815. The van der Waals surface area contributed by atoms with Crippen molar-refractivity contribution in [3.05, 3.63) is 41.1 Å². The third kappa shape index (κ3) is 6.33. The van der Waals surface area contributed by atoms with Crippen LogP contribution in [0, 0.1) is 11.3 Å². The molecule has 1 aromatic carbocycles. The zero-order valence-corrected chi connectivity index (χ0v) is 24.4. The first-order valence-electron chi connectivity index (χ1n) is 14.0. The first kappa shape index (κ1) is 30.0. The molecule has 2 atom stereocenters. The number of hydrogen-bond acceptors (Lipinski definition) is 9. The normalized spacial score (nSPS) is 20.1. The largest absolute Gasteiger partial charge is 0.491 e. The Labute approximate surface area is 236 Å². The van der Waals surface area contributed by atoms with Crippen molar-refractivity contribution in [2.24, 2.45) is 17.1 Å². The van der Waals surface area contributed by atoms with E-state index in [2.05, 4.69) is 11.8 Å². The van der Waals surface area contributed by atoms with Crippen LogP contribution >= 0.6 is 0 Å². The zero-order valence-electron chi connectivity index (χ0n) is 24.4. The number of aliphatic hydroxyl groups is 1. The molecule has 2 fully saturated rings. The van der Waals surface area contributed by atoms with Crippen molar-refractivity contribution < 1.29 is 24.2 Å². The SMILES string of the molecule is COc1c(C2CN(C(=O)CN3CCOCC3)CC2C)nn(C(=O)C(C)(C)CO)c1N(C)Cc1ccc(CN)cc1. The Balaban J connectivity index is 1.65. The number of nitrogens with zero attached hydrogens (tertiary/aromatic N) is 5. The zero-order chi connectivity index (χ0) is 29.0. The number of carbonyl (C=O) groups is 2. The highest BCUT2D eigenvalue weighted by Crippen LogP contribution is 2.42. The molecule has 2 unspecified atom stereocenters. The van der Waals surface area contributed by atoms with Gasteiger partial charge in [-0.05, 0) is 30.9 Å². The van der Waals surface area contributed by atoms with Gasteiger partial charge in [0, 0.05) is 52.2 Å². The second-order valence-electron chi connectivity index (χ2n) is 11.6. The molecule has 40 heavy (non-hydrogen) atoms. The molecule has 0 radical (unpaired) electrons. The van der Waals surface area contributed by atoms with Crippen molar-refractivity contribution >= 4 is 17.6 Å². The highest BCUT2D eigenvalue weighted by molar-refractivity contribution is 5.88. The number of anilines is 1. The molecule has 11 heteroatoms. The van der Waals surface area contributed by atoms with E-state index in [4.69, 9.17) is 20.3 Å².